The van der Waals surface area contributed by atoms with Gasteiger partial charge in [0.15, 0.2) is 5.78 Å². The third-order valence-corrected chi connectivity index (χ3v) is 3.20. The van der Waals surface area contributed by atoms with Gasteiger partial charge in [-0.25, -0.2) is 0 Å². The van der Waals surface area contributed by atoms with Gasteiger partial charge in [0.1, 0.15) is 0 Å². The van der Waals surface area contributed by atoms with Crippen molar-refractivity contribution in [1.82, 2.24) is 0 Å². The predicted molar refractivity (Wildman–Crippen MR) is 66.8 cm³/mol. The summed E-state index contributed by atoms with van der Waals surface area (Å²) >= 11 is 6.15. The minimum atomic E-state index is -4.50. The number of carbonyl (C=O) groups is 1. The summed E-state index contributed by atoms with van der Waals surface area (Å²) in [6.45, 7) is 0. The Hall–Kier alpha value is -0.360. The van der Waals surface area contributed by atoms with Crippen molar-refractivity contribution in [3.05, 3.63) is 34.9 Å². The van der Waals surface area contributed by atoms with Crippen LogP contribution in [0.5, 0.6) is 0 Å². The maximum absolute atomic E-state index is 12.8. The van der Waals surface area contributed by atoms with E-state index in [0.717, 1.165) is 6.07 Å². The number of hydrogen-bond donors (Lipinski definition) is 0. The third-order valence-electron chi connectivity index (χ3n) is 2.20. The van der Waals surface area contributed by atoms with E-state index in [0.29, 0.717) is 10.9 Å². The van der Waals surface area contributed by atoms with Gasteiger partial charge < -0.3 is 0 Å². The zero-order chi connectivity index (χ0) is 13.1. The average Bonchev–Trinajstić information content (AvgIpc) is 2.27. The van der Waals surface area contributed by atoms with E-state index in [4.69, 9.17) is 0 Å². The van der Waals surface area contributed by atoms with Crippen LogP contribution in [0.4, 0.5) is 13.2 Å². The van der Waals surface area contributed by atoms with Crippen LogP contribution in [-0.2, 0) is 11.5 Å². The van der Waals surface area contributed by atoms with Gasteiger partial charge in [-0.1, -0.05) is 44.0 Å². The summed E-state index contributed by atoms with van der Waals surface area (Å²) in [5.74, 6) is -0.496. The Morgan fingerprint density at radius 2 is 1.88 bits per heavy atom. The molecule has 0 aliphatic rings. The zero-order valence-corrected chi connectivity index (χ0v) is 11.8. The molecule has 6 heteroatoms. The van der Waals surface area contributed by atoms with Crippen molar-refractivity contribution in [1.29, 1.82) is 0 Å². The summed E-state index contributed by atoms with van der Waals surface area (Å²) in [6.07, 6.45) is -4.46. The molecule has 94 valence electrons. The number of alkyl halides is 5. The smallest absolute Gasteiger partial charge is 0.294 e. The summed E-state index contributed by atoms with van der Waals surface area (Å²) in [7, 11) is 0. The molecule has 0 saturated heterocycles. The van der Waals surface area contributed by atoms with Crippen molar-refractivity contribution in [2.24, 2.45) is 0 Å². The maximum atomic E-state index is 12.8. The largest absolute Gasteiger partial charge is 0.417 e. The van der Waals surface area contributed by atoms with Crippen molar-refractivity contribution >= 4 is 37.6 Å². The van der Waals surface area contributed by atoms with E-state index < -0.39 is 17.5 Å². The molecule has 0 heterocycles. The molecule has 0 saturated carbocycles. The standard InChI is InChI=1S/C11H9Br2F3O/c12-5-4-9(17)10-7(6-13)2-1-3-8(10)11(14,15)16/h1-3H,4-6H2. The number of ketones is 1. The summed E-state index contributed by atoms with van der Waals surface area (Å²) in [4.78, 5) is 11.7. The number of carbonyl (C=O) groups excluding carboxylic acids is 1. The Labute approximate surface area is 114 Å². The first-order valence-electron chi connectivity index (χ1n) is 4.76. The molecule has 1 nitrogen and oxygen atoms in total. The predicted octanol–water partition coefficient (Wildman–Crippen LogP) is 4.57. The summed E-state index contributed by atoms with van der Waals surface area (Å²) in [5.41, 5.74) is -0.720. The molecular weight excluding hydrogens is 365 g/mol. The number of Topliss-reactive ketones (excluding diaryl/α,β-unsaturated/α-hetero) is 1. The molecule has 0 aliphatic carbocycles. The number of benzene rings is 1. The molecule has 1 aromatic rings. The Kier molecular flexibility index (Phi) is 5.19. The van der Waals surface area contributed by atoms with E-state index in [9.17, 15) is 18.0 Å². The second-order valence-corrected chi connectivity index (χ2v) is 4.69. The van der Waals surface area contributed by atoms with Gasteiger partial charge in [0.25, 0.3) is 0 Å². The van der Waals surface area contributed by atoms with Crippen LogP contribution in [0.15, 0.2) is 18.2 Å². The van der Waals surface area contributed by atoms with Gasteiger partial charge >= 0.3 is 6.18 Å². The topological polar surface area (TPSA) is 17.1 Å². The lowest BCUT2D eigenvalue weighted by Gasteiger charge is -2.14. The second-order valence-electron chi connectivity index (χ2n) is 3.33. The van der Waals surface area contributed by atoms with Gasteiger partial charge in [-0.3, -0.25) is 4.79 Å². The SMILES string of the molecule is O=C(CCBr)c1c(CBr)cccc1C(F)(F)F. The van der Waals surface area contributed by atoms with Crippen molar-refractivity contribution in [2.75, 3.05) is 5.33 Å². The molecule has 0 unspecified atom stereocenters. The Morgan fingerprint density at radius 3 is 2.35 bits per heavy atom. The van der Waals surface area contributed by atoms with Crippen LogP contribution in [0.3, 0.4) is 0 Å². The van der Waals surface area contributed by atoms with Crippen LogP contribution < -0.4 is 0 Å². The van der Waals surface area contributed by atoms with Gasteiger partial charge in [0.2, 0.25) is 0 Å². The normalized spacial score (nSPS) is 11.6. The second kappa shape index (κ2) is 6.00. The average molecular weight is 374 g/mol. The molecular formula is C11H9Br2F3O. The van der Waals surface area contributed by atoms with Crippen molar-refractivity contribution in [3.8, 4) is 0 Å². The van der Waals surface area contributed by atoms with Gasteiger partial charge in [0.05, 0.1) is 5.56 Å². The van der Waals surface area contributed by atoms with Gasteiger partial charge in [0, 0.05) is 22.6 Å². The minimum Gasteiger partial charge on any atom is -0.294 e. The molecule has 0 aliphatic heterocycles. The highest BCUT2D eigenvalue weighted by Gasteiger charge is 2.35. The van der Waals surface area contributed by atoms with E-state index in [-0.39, 0.29) is 17.3 Å². The lowest BCUT2D eigenvalue weighted by atomic mass is 9.96. The molecule has 1 aromatic carbocycles. The highest BCUT2D eigenvalue weighted by molar-refractivity contribution is 9.09. The number of rotatable bonds is 4. The molecule has 0 spiro atoms. The summed E-state index contributed by atoms with van der Waals surface area (Å²) < 4.78 is 38.4. The molecule has 0 aromatic heterocycles. The first-order valence-corrected chi connectivity index (χ1v) is 7.00. The van der Waals surface area contributed by atoms with Crippen molar-refractivity contribution in [3.63, 3.8) is 0 Å². The fraction of sp³-hybridized carbons (Fsp3) is 0.364. The molecule has 0 fully saturated rings. The van der Waals surface area contributed by atoms with E-state index in [1.54, 1.807) is 0 Å². The maximum Gasteiger partial charge on any atom is 0.417 e. The molecule has 0 bridgehead atoms. The van der Waals surface area contributed by atoms with Crippen LogP contribution in [0.2, 0.25) is 0 Å². The molecule has 17 heavy (non-hydrogen) atoms. The quantitative estimate of drug-likeness (QED) is 0.558. The van der Waals surface area contributed by atoms with Gasteiger partial charge in [-0.2, -0.15) is 13.2 Å². The zero-order valence-electron chi connectivity index (χ0n) is 8.65. The van der Waals surface area contributed by atoms with Crippen LogP contribution >= 0.6 is 31.9 Å². The summed E-state index contributed by atoms with van der Waals surface area (Å²) in [6, 6.07) is 3.77. The fourth-order valence-electron chi connectivity index (χ4n) is 1.49. The number of halogens is 5. The van der Waals surface area contributed by atoms with Crippen LogP contribution in [0.25, 0.3) is 0 Å². The molecule has 0 radical (unpaired) electrons. The van der Waals surface area contributed by atoms with E-state index >= 15 is 0 Å². The van der Waals surface area contributed by atoms with Crippen LogP contribution in [-0.4, -0.2) is 11.1 Å². The fourth-order valence-corrected chi connectivity index (χ4v) is 2.32. The first-order chi connectivity index (χ1) is 7.91. The molecule has 0 amide bonds. The molecule has 1 rings (SSSR count). The van der Waals surface area contributed by atoms with Crippen LogP contribution in [0.1, 0.15) is 27.9 Å². The molecule has 0 atom stereocenters. The minimum absolute atomic E-state index is 0.0487. The van der Waals surface area contributed by atoms with Gasteiger partial charge in [-0.15, -0.1) is 0 Å². The highest BCUT2D eigenvalue weighted by atomic mass is 79.9. The lowest BCUT2D eigenvalue weighted by molar-refractivity contribution is -0.138. The number of hydrogen-bond acceptors (Lipinski definition) is 1. The Morgan fingerprint density at radius 1 is 1.24 bits per heavy atom. The van der Waals surface area contributed by atoms with E-state index in [1.807, 2.05) is 0 Å². The highest BCUT2D eigenvalue weighted by Crippen LogP contribution is 2.34. The third kappa shape index (κ3) is 3.55. The molecule has 0 N–H and O–H groups in total. The van der Waals surface area contributed by atoms with Crippen molar-refractivity contribution in [2.45, 2.75) is 17.9 Å². The van der Waals surface area contributed by atoms with E-state index in [2.05, 4.69) is 31.9 Å². The Bertz CT molecular complexity index is 416. The van der Waals surface area contributed by atoms with Crippen molar-refractivity contribution < 1.29 is 18.0 Å². The van der Waals surface area contributed by atoms with Gasteiger partial charge in [-0.05, 0) is 11.6 Å². The summed E-state index contributed by atoms with van der Waals surface area (Å²) in [5, 5.41) is 0.569. The van der Waals surface area contributed by atoms with E-state index in [1.165, 1.54) is 12.1 Å². The first kappa shape index (κ1) is 14.7. The van der Waals surface area contributed by atoms with Crippen LogP contribution in [0, 0.1) is 0 Å². The Balaban J connectivity index is 3.36. The lowest BCUT2D eigenvalue weighted by Crippen LogP contribution is -2.15. The monoisotopic (exact) mass is 372 g/mol.